The molecular weight excluding hydrogens is 284 g/mol. The van der Waals surface area contributed by atoms with Gasteiger partial charge in [-0.05, 0) is 85.5 Å². The minimum absolute atomic E-state index is 0.0523. The van der Waals surface area contributed by atoms with Crippen LogP contribution in [0.2, 0.25) is 0 Å². The number of hydrogen-bond acceptors (Lipinski definition) is 2. The largest absolute Gasteiger partial charge is 0.385 e. The Bertz CT molecular complexity index is 550. The van der Waals surface area contributed by atoms with Crippen molar-refractivity contribution >= 4 is 5.78 Å². The van der Waals surface area contributed by atoms with Crippen LogP contribution in [-0.2, 0) is 4.79 Å². The summed E-state index contributed by atoms with van der Waals surface area (Å²) < 4.78 is 0. The molecule has 4 aliphatic carbocycles. The van der Waals surface area contributed by atoms with Crippen LogP contribution in [-0.4, -0.2) is 17.0 Å². The number of aliphatic hydroxyl groups excluding tert-OH is 1. The van der Waals surface area contributed by atoms with Gasteiger partial charge in [-0.2, -0.15) is 0 Å². The van der Waals surface area contributed by atoms with Gasteiger partial charge < -0.3 is 5.11 Å². The van der Waals surface area contributed by atoms with E-state index in [0.717, 1.165) is 24.2 Å². The molecule has 0 bridgehead atoms. The van der Waals surface area contributed by atoms with Crippen LogP contribution in [0, 0.1) is 34.5 Å². The Morgan fingerprint density at radius 1 is 1.22 bits per heavy atom. The molecule has 0 saturated heterocycles. The van der Waals surface area contributed by atoms with E-state index in [1.165, 1.54) is 44.1 Å². The Balaban J connectivity index is 1.67. The number of rotatable bonds is 1. The average molecular weight is 316 g/mol. The van der Waals surface area contributed by atoms with Crippen molar-refractivity contribution in [1.29, 1.82) is 0 Å². The molecule has 23 heavy (non-hydrogen) atoms. The van der Waals surface area contributed by atoms with Crippen LogP contribution in [0.25, 0.3) is 0 Å². The van der Waals surface area contributed by atoms with E-state index in [1.807, 2.05) is 6.08 Å². The Labute approximate surface area is 140 Å². The third-order valence-corrected chi connectivity index (χ3v) is 8.44. The summed E-state index contributed by atoms with van der Waals surface area (Å²) in [4.78, 5) is 11.9. The highest BCUT2D eigenvalue weighted by molar-refractivity contribution is 5.95. The third-order valence-electron chi connectivity index (χ3n) is 8.44. The fourth-order valence-corrected chi connectivity index (χ4v) is 7.14. The van der Waals surface area contributed by atoms with E-state index in [1.54, 1.807) is 0 Å². The number of hydrogen-bond donors (Lipinski definition) is 1. The molecule has 0 radical (unpaired) electrons. The van der Waals surface area contributed by atoms with Gasteiger partial charge in [-0.15, -0.1) is 0 Å². The Morgan fingerprint density at radius 2 is 2.00 bits per heavy atom. The molecule has 0 aliphatic heterocycles. The molecule has 1 N–H and O–H groups in total. The summed E-state index contributed by atoms with van der Waals surface area (Å²) in [5.74, 6) is 3.24. The number of carbonyl (C=O) groups excluding carboxylic acids is 1. The lowest BCUT2D eigenvalue weighted by molar-refractivity contribution is -0.127. The second kappa shape index (κ2) is 5.18. The van der Waals surface area contributed by atoms with Gasteiger partial charge in [0, 0.05) is 0 Å². The molecular formula is C21H32O2. The van der Waals surface area contributed by atoms with Crippen molar-refractivity contribution in [2.24, 2.45) is 34.5 Å². The van der Waals surface area contributed by atoms with Crippen LogP contribution >= 0.6 is 0 Å². The van der Waals surface area contributed by atoms with Crippen molar-refractivity contribution in [2.45, 2.75) is 78.2 Å². The molecule has 0 aromatic carbocycles. The first-order chi connectivity index (χ1) is 10.9. The number of allylic oxidation sites excluding steroid dienone is 1. The Hall–Kier alpha value is -0.630. The van der Waals surface area contributed by atoms with Gasteiger partial charge in [0.15, 0.2) is 5.78 Å². The van der Waals surface area contributed by atoms with Gasteiger partial charge in [0.2, 0.25) is 0 Å². The maximum Gasteiger partial charge on any atom is 0.184 e. The van der Waals surface area contributed by atoms with Crippen LogP contribution in [0.4, 0.5) is 0 Å². The molecule has 3 fully saturated rings. The highest BCUT2D eigenvalue weighted by Crippen LogP contribution is 2.66. The first kappa shape index (κ1) is 15.9. The molecule has 0 aromatic heterocycles. The second-order valence-electron chi connectivity index (χ2n) is 9.53. The highest BCUT2D eigenvalue weighted by atomic mass is 16.3. The van der Waals surface area contributed by atoms with Crippen LogP contribution < -0.4 is 0 Å². The molecule has 0 amide bonds. The summed E-state index contributed by atoms with van der Waals surface area (Å²) in [6.07, 6.45) is 10.9. The maximum absolute atomic E-state index is 11.9. The number of aliphatic hydroxyl groups is 1. The van der Waals surface area contributed by atoms with Crippen molar-refractivity contribution < 1.29 is 9.90 Å². The highest BCUT2D eigenvalue weighted by Gasteiger charge is 2.58. The zero-order chi connectivity index (χ0) is 16.4. The zero-order valence-electron chi connectivity index (χ0n) is 15.0. The molecule has 2 unspecified atom stereocenters. The lowest BCUT2D eigenvalue weighted by atomic mass is 9.47. The van der Waals surface area contributed by atoms with E-state index in [2.05, 4.69) is 20.8 Å². The molecule has 128 valence electrons. The van der Waals surface area contributed by atoms with E-state index >= 15 is 0 Å². The first-order valence-corrected chi connectivity index (χ1v) is 9.80. The fraction of sp³-hybridized carbons (Fsp3) is 0.857. The summed E-state index contributed by atoms with van der Waals surface area (Å²) in [7, 11) is 0. The number of fused-ring (bicyclic) bond motifs is 5. The predicted molar refractivity (Wildman–Crippen MR) is 91.9 cm³/mol. The average Bonchev–Trinajstić information content (AvgIpc) is 2.86. The van der Waals surface area contributed by atoms with Crippen molar-refractivity contribution in [2.75, 3.05) is 0 Å². The summed E-state index contributed by atoms with van der Waals surface area (Å²) >= 11 is 0. The lowest BCUT2D eigenvalue weighted by Crippen LogP contribution is -2.51. The smallest absolute Gasteiger partial charge is 0.184 e. The monoisotopic (exact) mass is 316 g/mol. The molecule has 0 aromatic rings. The number of carbonyl (C=O) groups is 1. The van der Waals surface area contributed by atoms with E-state index in [4.69, 9.17) is 0 Å². The minimum Gasteiger partial charge on any atom is -0.385 e. The number of ketones is 1. The molecule has 0 spiro atoms. The van der Waals surface area contributed by atoms with Crippen LogP contribution in [0.15, 0.2) is 11.6 Å². The van der Waals surface area contributed by atoms with Crippen molar-refractivity contribution in [1.82, 2.24) is 0 Å². The van der Waals surface area contributed by atoms with Gasteiger partial charge in [0.25, 0.3) is 0 Å². The van der Waals surface area contributed by atoms with Crippen LogP contribution in [0.5, 0.6) is 0 Å². The first-order valence-electron chi connectivity index (χ1n) is 9.80. The van der Waals surface area contributed by atoms with Gasteiger partial charge >= 0.3 is 0 Å². The SMILES string of the molecule is CCC1C[C@H]2[C@@H]3CCC4=CC(=O)C(O)C[C@]4(C)[C@@H]3CC[C@]2(C)C1. The molecule has 2 nitrogen and oxygen atoms in total. The van der Waals surface area contributed by atoms with Gasteiger partial charge in [0.1, 0.15) is 6.10 Å². The Morgan fingerprint density at radius 3 is 2.74 bits per heavy atom. The van der Waals surface area contributed by atoms with Gasteiger partial charge in [-0.1, -0.05) is 32.8 Å². The Kier molecular flexibility index (Phi) is 3.58. The standard InChI is InChI=1S/C21H32O2/c1-4-13-9-17-15-6-5-14-10-18(22)19(23)12-21(14,3)16(15)7-8-20(17,2)11-13/h10,13,15-17,19,23H,4-9,11-12H2,1-3H3/t13?,15-,16-,17+,19?,20-,21+/m1/s1. The summed E-state index contributed by atoms with van der Waals surface area (Å²) in [5, 5.41) is 10.2. The quantitative estimate of drug-likeness (QED) is 0.772. The predicted octanol–water partition coefficient (Wildman–Crippen LogP) is 4.52. The molecule has 4 rings (SSSR count). The van der Waals surface area contributed by atoms with Crippen molar-refractivity contribution in [3.63, 3.8) is 0 Å². The second-order valence-corrected chi connectivity index (χ2v) is 9.53. The van der Waals surface area contributed by atoms with E-state index in [-0.39, 0.29) is 11.2 Å². The van der Waals surface area contributed by atoms with Crippen molar-refractivity contribution in [3.8, 4) is 0 Å². The zero-order valence-corrected chi connectivity index (χ0v) is 15.0. The molecule has 0 heterocycles. The topological polar surface area (TPSA) is 37.3 Å². The summed E-state index contributed by atoms with van der Waals surface area (Å²) in [6.45, 7) is 7.26. The fourth-order valence-electron chi connectivity index (χ4n) is 7.14. The van der Waals surface area contributed by atoms with Crippen LogP contribution in [0.1, 0.15) is 72.1 Å². The van der Waals surface area contributed by atoms with E-state index in [9.17, 15) is 9.90 Å². The van der Waals surface area contributed by atoms with Gasteiger partial charge in [-0.25, -0.2) is 0 Å². The molecule has 7 atom stereocenters. The van der Waals surface area contributed by atoms with Crippen molar-refractivity contribution in [3.05, 3.63) is 11.6 Å². The summed E-state index contributed by atoms with van der Waals surface area (Å²) in [5.41, 5.74) is 1.98. The normalized spacial score (nSPS) is 52.4. The minimum atomic E-state index is -0.761. The third kappa shape index (κ3) is 2.20. The lowest BCUT2D eigenvalue weighted by Gasteiger charge is -2.57. The van der Waals surface area contributed by atoms with E-state index < -0.39 is 6.10 Å². The van der Waals surface area contributed by atoms with Gasteiger partial charge in [-0.3, -0.25) is 4.79 Å². The van der Waals surface area contributed by atoms with Crippen LogP contribution in [0.3, 0.4) is 0 Å². The van der Waals surface area contributed by atoms with Gasteiger partial charge in [0.05, 0.1) is 0 Å². The maximum atomic E-state index is 11.9. The van der Waals surface area contributed by atoms with E-state index in [0.29, 0.717) is 17.8 Å². The molecule has 4 aliphatic rings. The molecule has 3 saturated carbocycles. The molecule has 2 heteroatoms. The summed E-state index contributed by atoms with van der Waals surface area (Å²) in [6, 6.07) is 0.